The minimum absolute atomic E-state index is 0.159. The first-order chi connectivity index (χ1) is 12.6. The molecule has 2 aliphatic rings. The molecule has 2 aliphatic heterocycles. The summed E-state index contributed by atoms with van der Waals surface area (Å²) >= 11 is 0. The van der Waals surface area contributed by atoms with Crippen LogP contribution in [0.25, 0.3) is 0 Å². The number of hydrogen-bond acceptors (Lipinski definition) is 3. The molecule has 0 saturated carbocycles. The zero-order valence-corrected chi connectivity index (χ0v) is 16.7. The Balaban J connectivity index is 1.54. The maximum Gasteiger partial charge on any atom is 0.193 e. The highest BCUT2D eigenvalue weighted by Gasteiger charge is 2.32. The fourth-order valence-electron chi connectivity index (χ4n) is 4.22. The zero-order valence-electron chi connectivity index (χ0n) is 16.7. The van der Waals surface area contributed by atoms with Crippen LogP contribution in [0.3, 0.4) is 0 Å². The Morgan fingerprint density at radius 1 is 1.15 bits per heavy atom. The van der Waals surface area contributed by atoms with Gasteiger partial charge in [0.1, 0.15) is 6.10 Å². The smallest absolute Gasteiger partial charge is 0.193 e. The minimum atomic E-state index is 0.159. The minimum Gasteiger partial charge on any atom is -0.375 e. The van der Waals surface area contributed by atoms with Crippen molar-refractivity contribution in [3.8, 4) is 0 Å². The van der Waals surface area contributed by atoms with E-state index in [1.165, 1.54) is 22.3 Å². The number of rotatable bonds is 4. The van der Waals surface area contributed by atoms with Crippen LogP contribution in [-0.4, -0.2) is 63.0 Å². The number of nitrogens with zero attached hydrogens (tertiary/aromatic N) is 2. The predicted molar refractivity (Wildman–Crippen MR) is 106 cm³/mol. The van der Waals surface area contributed by atoms with Gasteiger partial charge in [-0.05, 0) is 56.7 Å². The monoisotopic (exact) mass is 359 g/mol. The van der Waals surface area contributed by atoms with Gasteiger partial charge in [0.05, 0.1) is 12.7 Å². The molecule has 1 aromatic rings. The fraction of sp³-hybridized carbons (Fsp3) is 0.667. The SMILES string of the molecule is CN=C(NCCc1c(C)cc(C)cc1C)N1CCOC(C2CCCO2)C1. The maximum atomic E-state index is 5.95. The van der Waals surface area contributed by atoms with Crippen molar-refractivity contribution in [2.75, 3.05) is 39.9 Å². The lowest BCUT2D eigenvalue weighted by Crippen LogP contribution is -2.53. The summed E-state index contributed by atoms with van der Waals surface area (Å²) in [7, 11) is 1.86. The molecule has 0 radical (unpaired) electrons. The van der Waals surface area contributed by atoms with Gasteiger partial charge in [-0.15, -0.1) is 0 Å². The van der Waals surface area contributed by atoms with Crippen LogP contribution in [-0.2, 0) is 15.9 Å². The Morgan fingerprint density at radius 3 is 2.54 bits per heavy atom. The van der Waals surface area contributed by atoms with Crippen LogP contribution >= 0.6 is 0 Å². The van der Waals surface area contributed by atoms with Crippen LogP contribution in [0.5, 0.6) is 0 Å². The van der Waals surface area contributed by atoms with Crippen molar-refractivity contribution in [2.45, 2.75) is 52.2 Å². The van der Waals surface area contributed by atoms with Crippen LogP contribution < -0.4 is 5.32 Å². The summed E-state index contributed by atoms with van der Waals surface area (Å²) in [5.41, 5.74) is 5.53. The van der Waals surface area contributed by atoms with Crippen LogP contribution in [0.15, 0.2) is 17.1 Å². The molecule has 0 aliphatic carbocycles. The average molecular weight is 360 g/mol. The molecular formula is C21H33N3O2. The quantitative estimate of drug-likeness (QED) is 0.663. The largest absolute Gasteiger partial charge is 0.375 e. The number of guanidine groups is 1. The topological polar surface area (TPSA) is 46.1 Å². The Labute approximate surface area is 157 Å². The van der Waals surface area contributed by atoms with Crippen LogP contribution in [0.4, 0.5) is 0 Å². The molecule has 2 saturated heterocycles. The number of hydrogen-bond donors (Lipinski definition) is 1. The second kappa shape index (κ2) is 8.87. The summed E-state index contributed by atoms with van der Waals surface area (Å²) in [4.78, 5) is 6.81. The number of nitrogens with one attached hydrogen (secondary N) is 1. The molecule has 1 aromatic carbocycles. The van der Waals surface area contributed by atoms with Gasteiger partial charge in [-0.1, -0.05) is 17.7 Å². The molecule has 2 heterocycles. The van der Waals surface area contributed by atoms with Gasteiger partial charge in [0.25, 0.3) is 0 Å². The van der Waals surface area contributed by atoms with Crippen LogP contribution in [0.2, 0.25) is 0 Å². The van der Waals surface area contributed by atoms with Gasteiger partial charge in [0.15, 0.2) is 5.96 Å². The molecule has 0 aromatic heterocycles. The number of aryl methyl sites for hydroxylation is 3. The number of benzene rings is 1. The normalized spacial score (nSPS) is 24.2. The second-order valence-corrected chi connectivity index (χ2v) is 7.51. The van der Waals surface area contributed by atoms with Crippen LogP contribution in [0, 0.1) is 20.8 Å². The number of morpholine rings is 1. The first kappa shape index (κ1) is 19.2. The van der Waals surface area contributed by atoms with E-state index in [-0.39, 0.29) is 12.2 Å². The Kier molecular flexibility index (Phi) is 6.54. The van der Waals surface area contributed by atoms with Gasteiger partial charge in [-0.2, -0.15) is 0 Å². The summed E-state index contributed by atoms with van der Waals surface area (Å²) in [5, 5.41) is 3.55. The summed E-state index contributed by atoms with van der Waals surface area (Å²) in [6, 6.07) is 4.54. The summed E-state index contributed by atoms with van der Waals surface area (Å²) in [5.74, 6) is 0.971. The highest BCUT2D eigenvalue weighted by atomic mass is 16.5. The first-order valence-electron chi connectivity index (χ1n) is 9.84. The van der Waals surface area contributed by atoms with Crippen molar-refractivity contribution < 1.29 is 9.47 Å². The fourth-order valence-corrected chi connectivity index (χ4v) is 4.22. The van der Waals surface area contributed by atoms with Crippen molar-refractivity contribution in [1.29, 1.82) is 0 Å². The molecular weight excluding hydrogens is 326 g/mol. The van der Waals surface area contributed by atoms with Gasteiger partial charge in [0.2, 0.25) is 0 Å². The molecule has 5 heteroatoms. The third-order valence-corrected chi connectivity index (χ3v) is 5.48. The van der Waals surface area contributed by atoms with E-state index in [0.29, 0.717) is 0 Å². The van der Waals surface area contributed by atoms with Crippen molar-refractivity contribution in [3.63, 3.8) is 0 Å². The van der Waals surface area contributed by atoms with Gasteiger partial charge in [-0.25, -0.2) is 0 Å². The first-order valence-corrected chi connectivity index (χ1v) is 9.84. The molecule has 0 bridgehead atoms. The lowest BCUT2D eigenvalue weighted by molar-refractivity contribution is -0.0816. The summed E-state index contributed by atoms with van der Waals surface area (Å²) in [6.45, 7) is 10.8. The van der Waals surface area contributed by atoms with Crippen LogP contribution in [0.1, 0.15) is 35.1 Å². The van der Waals surface area contributed by atoms with Crippen molar-refractivity contribution >= 4 is 5.96 Å². The molecule has 144 valence electrons. The van der Waals surface area contributed by atoms with Gasteiger partial charge >= 0.3 is 0 Å². The van der Waals surface area contributed by atoms with E-state index in [1.54, 1.807) is 0 Å². The van der Waals surface area contributed by atoms with E-state index in [0.717, 1.165) is 58.1 Å². The summed E-state index contributed by atoms with van der Waals surface area (Å²) < 4.78 is 11.8. The van der Waals surface area contributed by atoms with E-state index in [2.05, 4.69) is 48.1 Å². The standard InChI is InChI=1S/C21H33N3O2/c1-15-12-16(2)18(17(3)13-15)7-8-23-21(22-4)24-9-11-26-20(14-24)19-6-5-10-25-19/h12-13,19-20H,5-11,14H2,1-4H3,(H,22,23). The number of ether oxygens (including phenoxy) is 2. The lowest BCUT2D eigenvalue weighted by Gasteiger charge is -2.37. The Morgan fingerprint density at radius 2 is 1.88 bits per heavy atom. The average Bonchev–Trinajstić information content (AvgIpc) is 3.15. The highest BCUT2D eigenvalue weighted by molar-refractivity contribution is 5.80. The van der Waals surface area contributed by atoms with Crippen molar-refractivity contribution in [3.05, 3.63) is 34.4 Å². The molecule has 2 atom stereocenters. The molecule has 5 nitrogen and oxygen atoms in total. The molecule has 2 unspecified atom stereocenters. The maximum absolute atomic E-state index is 5.95. The second-order valence-electron chi connectivity index (χ2n) is 7.51. The third-order valence-electron chi connectivity index (χ3n) is 5.48. The highest BCUT2D eigenvalue weighted by Crippen LogP contribution is 2.21. The van der Waals surface area contributed by atoms with E-state index in [9.17, 15) is 0 Å². The molecule has 2 fully saturated rings. The summed E-state index contributed by atoms with van der Waals surface area (Å²) in [6.07, 6.45) is 3.67. The lowest BCUT2D eigenvalue weighted by atomic mass is 9.97. The van der Waals surface area contributed by atoms with E-state index in [4.69, 9.17) is 9.47 Å². The van der Waals surface area contributed by atoms with E-state index < -0.39 is 0 Å². The van der Waals surface area contributed by atoms with Crippen molar-refractivity contribution in [2.24, 2.45) is 4.99 Å². The molecule has 1 N–H and O–H groups in total. The van der Waals surface area contributed by atoms with E-state index in [1.807, 2.05) is 7.05 Å². The van der Waals surface area contributed by atoms with E-state index >= 15 is 0 Å². The molecule has 26 heavy (non-hydrogen) atoms. The van der Waals surface area contributed by atoms with Crippen molar-refractivity contribution in [1.82, 2.24) is 10.2 Å². The Bertz CT molecular complexity index is 615. The molecule has 3 rings (SSSR count). The molecule has 0 spiro atoms. The van der Waals surface area contributed by atoms with Gasteiger partial charge in [0, 0.05) is 33.3 Å². The predicted octanol–water partition coefficient (Wildman–Crippen LogP) is 2.61. The van der Waals surface area contributed by atoms with Gasteiger partial charge < -0.3 is 19.7 Å². The molecule has 0 amide bonds. The zero-order chi connectivity index (χ0) is 18.5. The Hall–Kier alpha value is -1.59. The number of aliphatic imine (C=N–C) groups is 1. The van der Waals surface area contributed by atoms with Gasteiger partial charge in [-0.3, -0.25) is 4.99 Å². The third kappa shape index (κ3) is 4.57.